The number of aliphatic hydroxyl groups excluding tert-OH is 4. The van der Waals surface area contributed by atoms with Gasteiger partial charge in [0.2, 0.25) is 6.29 Å². The van der Waals surface area contributed by atoms with E-state index in [2.05, 4.69) is 0 Å². The van der Waals surface area contributed by atoms with Crippen LogP contribution < -0.4 is 0 Å². The molecule has 9 heteroatoms. The van der Waals surface area contributed by atoms with Gasteiger partial charge in [0.1, 0.15) is 30.0 Å². The Labute approximate surface area is 144 Å². The zero-order valence-electron chi connectivity index (χ0n) is 13.8. The van der Waals surface area contributed by atoms with E-state index >= 15 is 0 Å². The van der Waals surface area contributed by atoms with Gasteiger partial charge in [0.05, 0.1) is 24.4 Å². The molecule has 2 aliphatic heterocycles. The molecule has 2 heterocycles. The van der Waals surface area contributed by atoms with Crippen LogP contribution in [-0.4, -0.2) is 81.0 Å². The maximum absolute atomic E-state index is 11.2. The Kier molecular flexibility index (Phi) is 5.18. The van der Waals surface area contributed by atoms with E-state index in [9.17, 15) is 30.3 Å². The molecule has 142 valence electrons. The van der Waals surface area contributed by atoms with Crippen molar-refractivity contribution in [2.75, 3.05) is 6.61 Å². The van der Waals surface area contributed by atoms with Gasteiger partial charge in [-0.1, -0.05) is 6.92 Å². The largest absolute Gasteiger partial charge is 0.471 e. The first-order chi connectivity index (χ1) is 11.8. The lowest BCUT2D eigenvalue weighted by atomic mass is 9.80. The summed E-state index contributed by atoms with van der Waals surface area (Å²) < 4.78 is 16.4. The number of carbonyl (C=O) groups excluding carboxylic acids is 1. The van der Waals surface area contributed by atoms with E-state index in [0.717, 1.165) is 6.26 Å². The number of carbonyl (C=O) groups is 1. The quantitative estimate of drug-likeness (QED) is 0.360. The third-order valence-corrected chi connectivity index (χ3v) is 5.51. The molecular weight excluding hydrogens is 336 g/mol. The van der Waals surface area contributed by atoms with Crippen LogP contribution in [0.4, 0.5) is 0 Å². The maximum atomic E-state index is 11.2. The van der Waals surface area contributed by atoms with E-state index in [4.69, 9.17) is 14.2 Å². The van der Waals surface area contributed by atoms with Crippen LogP contribution in [0.5, 0.6) is 0 Å². The van der Waals surface area contributed by atoms with Crippen LogP contribution in [0, 0.1) is 11.8 Å². The molecule has 3 rings (SSSR count). The SMILES string of the molecule is C[C@H]1CC[C@]2(O)C(C=O)=CO[C@@H](O[C@@H]3O[C@H](CO)[C@@H](O)[C@H](O)[C@H]3O)[C@H]12. The molecule has 1 saturated carbocycles. The average Bonchev–Trinajstić information content (AvgIpc) is 2.91. The molecule has 9 atom stereocenters. The molecule has 0 aromatic carbocycles. The number of aliphatic hydroxyl groups is 5. The molecule has 1 aliphatic carbocycles. The summed E-state index contributed by atoms with van der Waals surface area (Å²) in [5, 5.41) is 49.9. The van der Waals surface area contributed by atoms with Crippen molar-refractivity contribution < 1.29 is 44.5 Å². The summed E-state index contributed by atoms with van der Waals surface area (Å²) in [7, 11) is 0. The van der Waals surface area contributed by atoms with E-state index < -0.39 is 55.1 Å². The van der Waals surface area contributed by atoms with Gasteiger partial charge in [0, 0.05) is 0 Å². The van der Waals surface area contributed by atoms with Crippen molar-refractivity contribution in [3.05, 3.63) is 11.8 Å². The van der Waals surface area contributed by atoms with Gasteiger partial charge in [-0.3, -0.25) is 4.79 Å². The van der Waals surface area contributed by atoms with Crippen LogP contribution in [0.2, 0.25) is 0 Å². The molecule has 25 heavy (non-hydrogen) atoms. The number of rotatable bonds is 4. The number of aldehydes is 1. The predicted molar refractivity (Wildman–Crippen MR) is 80.7 cm³/mol. The summed E-state index contributed by atoms with van der Waals surface area (Å²) in [6.07, 6.45) is -5.40. The molecule has 1 saturated heterocycles. The zero-order chi connectivity index (χ0) is 18.4. The van der Waals surface area contributed by atoms with Gasteiger partial charge < -0.3 is 39.7 Å². The second-order valence-electron chi connectivity index (χ2n) is 6.99. The summed E-state index contributed by atoms with van der Waals surface area (Å²) in [5.74, 6) is -0.589. The Bertz CT molecular complexity index is 536. The minimum Gasteiger partial charge on any atom is -0.471 e. The maximum Gasteiger partial charge on any atom is 0.207 e. The Morgan fingerprint density at radius 1 is 1.28 bits per heavy atom. The third-order valence-electron chi connectivity index (χ3n) is 5.51. The Balaban J connectivity index is 1.80. The first-order valence-corrected chi connectivity index (χ1v) is 8.33. The summed E-state index contributed by atoms with van der Waals surface area (Å²) in [6.45, 7) is 1.32. The van der Waals surface area contributed by atoms with Crippen molar-refractivity contribution in [2.45, 2.75) is 62.4 Å². The number of ether oxygens (including phenoxy) is 3. The first-order valence-electron chi connectivity index (χ1n) is 8.33. The molecule has 9 nitrogen and oxygen atoms in total. The summed E-state index contributed by atoms with van der Waals surface area (Å²) in [4.78, 5) is 11.2. The topological polar surface area (TPSA) is 146 Å². The summed E-state index contributed by atoms with van der Waals surface area (Å²) >= 11 is 0. The fourth-order valence-electron chi connectivity index (χ4n) is 3.98. The van der Waals surface area contributed by atoms with Crippen molar-refractivity contribution in [2.24, 2.45) is 11.8 Å². The summed E-state index contributed by atoms with van der Waals surface area (Å²) in [6, 6.07) is 0. The lowest BCUT2D eigenvalue weighted by Crippen LogP contribution is -2.61. The standard InChI is InChI=1S/C16H24O9/c1-7-2-3-16(22)8(4-17)6-23-14(10(7)16)25-15-13(21)12(20)11(19)9(5-18)24-15/h4,6-7,9-15,18-22H,2-3,5H2,1H3/t7-,9+,10-,11+,12-,13+,14-,15-,16-/m0/s1. The Morgan fingerprint density at radius 3 is 2.64 bits per heavy atom. The zero-order valence-corrected chi connectivity index (χ0v) is 13.8. The van der Waals surface area contributed by atoms with Gasteiger partial charge in [0.25, 0.3) is 0 Å². The predicted octanol–water partition coefficient (Wildman–Crippen LogP) is -1.98. The smallest absolute Gasteiger partial charge is 0.207 e. The molecule has 3 aliphatic rings. The van der Waals surface area contributed by atoms with Crippen LogP contribution in [0.15, 0.2) is 11.8 Å². The van der Waals surface area contributed by atoms with E-state index in [-0.39, 0.29) is 11.5 Å². The number of fused-ring (bicyclic) bond motifs is 1. The van der Waals surface area contributed by atoms with Gasteiger partial charge in [-0.25, -0.2) is 0 Å². The Morgan fingerprint density at radius 2 is 2.00 bits per heavy atom. The fraction of sp³-hybridized carbons (Fsp3) is 0.812. The van der Waals surface area contributed by atoms with Crippen LogP contribution in [-0.2, 0) is 19.0 Å². The van der Waals surface area contributed by atoms with Crippen LogP contribution >= 0.6 is 0 Å². The molecule has 0 radical (unpaired) electrons. The third kappa shape index (κ3) is 2.99. The number of hydrogen-bond donors (Lipinski definition) is 5. The van der Waals surface area contributed by atoms with Crippen molar-refractivity contribution in [3.8, 4) is 0 Å². The summed E-state index contributed by atoms with van der Waals surface area (Å²) in [5.41, 5.74) is -1.26. The van der Waals surface area contributed by atoms with E-state index in [1.807, 2.05) is 6.92 Å². The van der Waals surface area contributed by atoms with Crippen LogP contribution in [0.3, 0.4) is 0 Å². The van der Waals surface area contributed by atoms with Crippen LogP contribution in [0.25, 0.3) is 0 Å². The van der Waals surface area contributed by atoms with Crippen molar-refractivity contribution in [3.63, 3.8) is 0 Å². The van der Waals surface area contributed by atoms with Gasteiger partial charge >= 0.3 is 0 Å². The minimum atomic E-state index is -1.57. The molecule has 2 fully saturated rings. The highest BCUT2D eigenvalue weighted by atomic mass is 16.8. The van der Waals surface area contributed by atoms with E-state index in [1.54, 1.807) is 0 Å². The monoisotopic (exact) mass is 360 g/mol. The first kappa shape index (κ1) is 18.7. The molecule has 5 N–H and O–H groups in total. The fourth-order valence-corrected chi connectivity index (χ4v) is 3.98. The molecule has 0 spiro atoms. The number of hydrogen-bond acceptors (Lipinski definition) is 9. The van der Waals surface area contributed by atoms with Crippen molar-refractivity contribution >= 4 is 6.29 Å². The highest BCUT2D eigenvalue weighted by Crippen LogP contribution is 2.49. The van der Waals surface area contributed by atoms with E-state index in [0.29, 0.717) is 19.1 Å². The second-order valence-corrected chi connectivity index (χ2v) is 6.99. The highest BCUT2D eigenvalue weighted by molar-refractivity contribution is 5.76. The van der Waals surface area contributed by atoms with Gasteiger partial charge in [-0.15, -0.1) is 0 Å². The van der Waals surface area contributed by atoms with E-state index in [1.165, 1.54) is 0 Å². The van der Waals surface area contributed by atoms with Gasteiger partial charge in [-0.05, 0) is 18.8 Å². The lowest BCUT2D eigenvalue weighted by Gasteiger charge is -2.44. The second kappa shape index (κ2) is 6.92. The van der Waals surface area contributed by atoms with Crippen LogP contribution in [0.1, 0.15) is 19.8 Å². The van der Waals surface area contributed by atoms with Gasteiger partial charge in [0.15, 0.2) is 12.6 Å². The average molecular weight is 360 g/mol. The molecule has 0 unspecified atom stereocenters. The lowest BCUT2D eigenvalue weighted by molar-refractivity contribution is -0.346. The van der Waals surface area contributed by atoms with Crippen molar-refractivity contribution in [1.82, 2.24) is 0 Å². The molecule has 0 aromatic heterocycles. The Hall–Kier alpha value is -1.07. The minimum absolute atomic E-state index is 0.0245. The van der Waals surface area contributed by atoms with Crippen molar-refractivity contribution in [1.29, 1.82) is 0 Å². The molecule has 0 aromatic rings. The molecule has 0 bridgehead atoms. The van der Waals surface area contributed by atoms with Gasteiger partial charge in [-0.2, -0.15) is 0 Å². The highest BCUT2D eigenvalue weighted by Gasteiger charge is 2.56. The normalized spacial score (nSPS) is 49.9. The molecular formula is C16H24O9. The molecule has 0 amide bonds.